The molecule has 31 heavy (non-hydrogen) atoms. The summed E-state index contributed by atoms with van der Waals surface area (Å²) in [5.41, 5.74) is 0.849. The Kier molecular flexibility index (Phi) is 6.20. The number of fused-ring (bicyclic) bond motifs is 3. The minimum Gasteiger partial charge on any atom is -0.481 e. The SMILES string of the molecule is CC1(C)[C@@H]2C[C@H](NC(=O)c3csc4ccc(F)cc34)[C@@H](CC=CCCCC(=O)O)[C@H]1C2. The zero-order valence-corrected chi connectivity index (χ0v) is 18.9. The van der Waals surface area contributed by atoms with Crippen LogP contribution in [0.15, 0.2) is 35.7 Å². The van der Waals surface area contributed by atoms with E-state index < -0.39 is 5.97 Å². The van der Waals surface area contributed by atoms with Crippen LogP contribution in [0.1, 0.15) is 62.7 Å². The van der Waals surface area contributed by atoms with Gasteiger partial charge in [0.15, 0.2) is 0 Å². The predicted molar refractivity (Wildman–Crippen MR) is 122 cm³/mol. The summed E-state index contributed by atoms with van der Waals surface area (Å²) in [5.74, 6) is 0.350. The molecule has 1 aromatic heterocycles. The number of allylic oxidation sites excluding steroid dienone is 2. The van der Waals surface area contributed by atoms with E-state index in [1.165, 1.54) is 29.9 Å². The Hall–Kier alpha value is -2.21. The van der Waals surface area contributed by atoms with Crippen molar-refractivity contribution in [2.75, 3.05) is 0 Å². The van der Waals surface area contributed by atoms with Gasteiger partial charge in [-0.25, -0.2) is 4.39 Å². The summed E-state index contributed by atoms with van der Waals surface area (Å²) < 4.78 is 14.6. The molecule has 6 heteroatoms. The molecule has 0 aliphatic heterocycles. The Morgan fingerprint density at radius 1 is 1.29 bits per heavy atom. The van der Waals surface area contributed by atoms with Gasteiger partial charge < -0.3 is 10.4 Å². The molecule has 1 amide bonds. The van der Waals surface area contributed by atoms with Crippen LogP contribution in [0.4, 0.5) is 4.39 Å². The fourth-order valence-corrected chi connectivity index (χ4v) is 6.53. The summed E-state index contributed by atoms with van der Waals surface area (Å²) >= 11 is 1.47. The maximum atomic E-state index is 13.7. The fourth-order valence-electron chi connectivity index (χ4n) is 5.60. The van der Waals surface area contributed by atoms with Crippen molar-refractivity contribution < 1.29 is 19.1 Å². The van der Waals surface area contributed by atoms with Crippen molar-refractivity contribution in [3.8, 4) is 0 Å². The molecule has 3 saturated carbocycles. The highest BCUT2D eigenvalue weighted by molar-refractivity contribution is 7.17. The van der Waals surface area contributed by atoms with Crippen molar-refractivity contribution in [2.24, 2.45) is 23.2 Å². The molecule has 1 heterocycles. The molecule has 3 aliphatic carbocycles. The van der Waals surface area contributed by atoms with Crippen LogP contribution in [0, 0.1) is 29.0 Å². The van der Waals surface area contributed by atoms with E-state index in [4.69, 9.17) is 5.11 Å². The van der Waals surface area contributed by atoms with E-state index in [0.717, 1.165) is 24.0 Å². The topological polar surface area (TPSA) is 66.4 Å². The highest BCUT2D eigenvalue weighted by Gasteiger charge is 2.57. The highest BCUT2D eigenvalue weighted by Crippen LogP contribution is 2.62. The molecule has 5 rings (SSSR count). The number of aliphatic carboxylic acids is 1. The molecule has 2 aromatic rings. The maximum absolute atomic E-state index is 13.7. The normalized spacial score (nSPS) is 26.7. The molecule has 2 N–H and O–H groups in total. The van der Waals surface area contributed by atoms with E-state index >= 15 is 0 Å². The fraction of sp³-hybridized carbons (Fsp3) is 0.520. The number of rotatable bonds is 8. The molecule has 3 aliphatic rings. The van der Waals surface area contributed by atoms with Crippen LogP contribution in [-0.4, -0.2) is 23.0 Å². The lowest BCUT2D eigenvalue weighted by Gasteiger charge is -2.62. The Bertz CT molecular complexity index is 1010. The van der Waals surface area contributed by atoms with Gasteiger partial charge in [-0.1, -0.05) is 26.0 Å². The van der Waals surface area contributed by atoms with E-state index in [1.54, 1.807) is 6.07 Å². The zero-order chi connectivity index (χ0) is 22.2. The van der Waals surface area contributed by atoms with E-state index in [0.29, 0.717) is 40.5 Å². The van der Waals surface area contributed by atoms with Gasteiger partial charge in [0.2, 0.25) is 0 Å². The number of carbonyl (C=O) groups excluding carboxylic acids is 1. The van der Waals surface area contributed by atoms with Crippen LogP contribution >= 0.6 is 11.3 Å². The minimum absolute atomic E-state index is 0.108. The number of halogens is 1. The van der Waals surface area contributed by atoms with Crippen LogP contribution in [0.5, 0.6) is 0 Å². The van der Waals surface area contributed by atoms with Gasteiger partial charge >= 0.3 is 5.97 Å². The number of amides is 1. The van der Waals surface area contributed by atoms with Crippen molar-refractivity contribution in [3.63, 3.8) is 0 Å². The number of carbonyl (C=O) groups is 2. The summed E-state index contributed by atoms with van der Waals surface area (Å²) in [4.78, 5) is 23.8. The first-order valence-corrected chi connectivity index (χ1v) is 12.0. The molecule has 0 spiro atoms. The molecule has 3 fully saturated rings. The van der Waals surface area contributed by atoms with E-state index in [9.17, 15) is 14.0 Å². The number of carboxylic acid groups (broad SMARTS) is 1. The van der Waals surface area contributed by atoms with Crippen LogP contribution in [0.25, 0.3) is 10.1 Å². The quantitative estimate of drug-likeness (QED) is 0.387. The highest BCUT2D eigenvalue weighted by atomic mass is 32.1. The van der Waals surface area contributed by atoms with Gasteiger partial charge in [0.05, 0.1) is 5.56 Å². The largest absolute Gasteiger partial charge is 0.481 e. The van der Waals surface area contributed by atoms with E-state index in [1.807, 2.05) is 5.38 Å². The Morgan fingerprint density at radius 2 is 2.10 bits per heavy atom. The number of carboxylic acids is 1. The number of thiophene rings is 1. The summed E-state index contributed by atoms with van der Waals surface area (Å²) in [5, 5.41) is 14.6. The molecule has 0 unspecified atom stereocenters. The average molecular weight is 444 g/mol. The summed E-state index contributed by atoms with van der Waals surface area (Å²) in [6.45, 7) is 4.67. The molecule has 4 atom stereocenters. The molecular weight excluding hydrogens is 413 g/mol. The third-order valence-electron chi connectivity index (χ3n) is 7.55. The minimum atomic E-state index is -0.758. The molecule has 4 nitrogen and oxygen atoms in total. The molecular formula is C25H30FNO3S. The summed E-state index contributed by atoms with van der Waals surface area (Å²) in [6.07, 6.45) is 8.92. The standard InChI is InChI=1S/C25H30FNO3S/c1-25(2)15-11-20(25)17(7-5-3-4-6-8-23(28)29)21(12-15)27-24(30)19-14-31-22-10-9-16(26)13-18(19)22/h3,5,9-10,13-15,17,20-21H,4,6-8,11-12H2,1-2H3,(H,27,30)(H,28,29)/t15-,17-,20+,21-/m0/s1. The smallest absolute Gasteiger partial charge is 0.303 e. The van der Waals surface area contributed by atoms with Crippen LogP contribution in [0.3, 0.4) is 0 Å². The lowest BCUT2D eigenvalue weighted by molar-refractivity contribution is -0.137. The first kappa shape index (κ1) is 22.0. The zero-order valence-electron chi connectivity index (χ0n) is 18.1. The monoisotopic (exact) mass is 443 g/mol. The number of nitrogens with one attached hydrogen (secondary N) is 1. The van der Waals surface area contributed by atoms with Crippen molar-refractivity contribution >= 4 is 33.3 Å². The Balaban J connectivity index is 1.45. The van der Waals surface area contributed by atoms with Gasteiger partial charge in [-0.3, -0.25) is 9.59 Å². The second-order valence-electron chi connectivity index (χ2n) is 9.62. The van der Waals surface area contributed by atoms with Crippen molar-refractivity contribution in [1.29, 1.82) is 0 Å². The average Bonchev–Trinajstić information content (AvgIpc) is 3.13. The van der Waals surface area contributed by atoms with Crippen LogP contribution in [-0.2, 0) is 4.79 Å². The Labute approximate surface area is 186 Å². The first-order valence-electron chi connectivity index (χ1n) is 11.1. The molecule has 0 radical (unpaired) electrons. The molecule has 166 valence electrons. The number of hydrogen-bond acceptors (Lipinski definition) is 3. The van der Waals surface area contributed by atoms with E-state index in [-0.39, 0.29) is 24.2 Å². The number of benzene rings is 1. The molecule has 2 bridgehead atoms. The first-order chi connectivity index (χ1) is 14.8. The number of unbranched alkanes of at least 4 members (excludes halogenated alkanes) is 1. The van der Waals surface area contributed by atoms with Crippen LogP contribution in [0.2, 0.25) is 0 Å². The van der Waals surface area contributed by atoms with Crippen molar-refractivity contribution in [1.82, 2.24) is 5.32 Å². The predicted octanol–water partition coefficient (Wildman–Crippen LogP) is 6.02. The van der Waals surface area contributed by atoms with Gasteiger partial charge in [0, 0.05) is 27.9 Å². The third kappa shape index (κ3) is 4.40. The molecule has 1 aromatic carbocycles. The van der Waals surface area contributed by atoms with Gasteiger partial charge in [0.1, 0.15) is 5.82 Å². The maximum Gasteiger partial charge on any atom is 0.303 e. The van der Waals surface area contributed by atoms with E-state index in [2.05, 4.69) is 31.3 Å². The van der Waals surface area contributed by atoms with Crippen molar-refractivity contribution in [3.05, 3.63) is 47.1 Å². The lowest BCUT2D eigenvalue weighted by atomic mass is 9.44. The van der Waals surface area contributed by atoms with Crippen molar-refractivity contribution in [2.45, 2.75) is 58.4 Å². The summed E-state index contributed by atoms with van der Waals surface area (Å²) in [7, 11) is 0. The van der Waals surface area contributed by atoms with Gasteiger partial charge in [-0.2, -0.15) is 0 Å². The van der Waals surface area contributed by atoms with Crippen LogP contribution < -0.4 is 5.32 Å². The van der Waals surface area contributed by atoms with Gasteiger partial charge in [-0.15, -0.1) is 11.3 Å². The Morgan fingerprint density at radius 3 is 2.84 bits per heavy atom. The molecule has 0 saturated heterocycles. The van der Waals surface area contributed by atoms with Gasteiger partial charge in [0.25, 0.3) is 5.91 Å². The third-order valence-corrected chi connectivity index (χ3v) is 8.51. The second-order valence-corrected chi connectivity index (χ2v) is 10.5. The second kappa shape index (κ2) is 8.73. The number of hydrogen-bond donors (Lipinski definition) is 2. The lowest BCUT2D eigenvalue weighted by Crippen LogP contribution is -2.61. The van der Waals surface area contributed by atoms with Gasteiger partial charge in [-0.05, 0) is 73.5 Å². The summed E-state index contributed by atoms with van der Waals surface area (Å²) in [6, 6.07) is 4.70.